The lowest BCUT2D eigenvalue weighted by molar-refractivity contribution is -0.144. The smallest absolute Gasteiger partial charge is 0.310 e. The highest BCUT2D eigenvalue weighted by Crippen LogP contribution is 2.44. The zero-order valence-electron chi connectivity index (χ0n) is 28.6. The second-order valence-corrected chi connectivity index (χ2v) is 14.2. The molecule has 0 N–H and O–H groups in total. The van der Waals surface area contributed by atoms with Crippen LogP contribution < -0.4 is 14.2 Å². The fourth-order valence-electron chi connectivity index (χ4n) is 7.43. The molecule has 0 spiro atoms. The lowest BCUT2D eigenvalue weighted by Gasteiger charge is -2.48. The Morgan fingerprint density at radius 2 is 1.81 bits per heavy atom. The van der Waals surface area contributed by atoms with E-state index in [2.05, 4.69) is 67.0 Å². The Hall–Kier alpha value is -3.26. The van der Waals surface area contributed by atoms with Crippen LogP contribution in [0.5, 0.6) is 17.2 Å². The maximum Gasteiger partial charge on any atom is 0.310 e. The molecule has 252 valence electrons. The summed E-state index contributed by atoms with van der Waals surface area (Å²) in [6.45, 7) is 14.5. The minimum Gasteiger partial charge on any atom is -0.493 e. The molecule has 6 rings (SSSR count). The van der Waals surface area contributed by atoms with Crippen molar-refractivity contribution < 1.29 is 23.7 Å². The average molecular weight is 661 g/mol. The molecule has 2 aliphatic heterocycles. The van der Waals surface area contributed by atoms with Gasteiger partial charge in [-0.05, 0) is 106 Å². The van der Waals surface area contributed by atoms with Gasteiger partial charge in [-0.25, -0.2) is 0 Å². The summed E-state index contributed by atoms with van der Waals surface area (Å²) in [7, 11) is 1.45. The molecule has 2 atom stereocenters. The Balaban J connectivity index is 1.15. The third-order valence-corrected chi connectivity index (χ3v) is 10.6. The van der Waals surface area contributed by atoms with Crippen molar-refractivity contribution in [1.29, 1.82) is 0 Å². The van der Waals surface area contributed by atoms with Crippen molar-refractivity contribution in [2.45, 2.75) is 78.0 Å². The molecule has 2 saturated heterocycles. The van der Waals surface area contributed by atoms with E-state index in [1.807, 2.05) is 19.1 Å². The summed E-state index contributed by atoms with van der Waals surface area (Å²) in [6, 6.07) is 16.8. The second-order valence-electron chi connectivity index (χ2n) is 13.8. The minimum absolute atomic E-state index is 0.0902. The van der Waals surface area contributed by atoms with E-state index in [0.29, 0.717) is 36.0 Å². The number of benzene rings is 3. The average Bonchev–Trinajstić information content (AvgIpc) is 3.70. The lowest BCUT2D eigenvalue weighted by Crippen LogP contribution is -2.55. The number of hydrogen-bond donors (Lipinski definition) is 0. The second kappa shape index (κ2) is 14.5. The van der Waals surface area contributed by atoms with Crippen molar-refractivity contribution >= 4 is 17.6 Å². The molecular weight excluding hydrogens is 612 g/mol. The van der Waals surface area contributed by atoms with Gasteiger partial charge in [0.25, 0.3) is 0 Å². The van der Waals surface area contributed by atoms with Gasteiger partial charge in [0.15, 0.2) is 0 Å². The van der Waals surface area contributed by atoms with Gasteiger partial charge in [-0.1, -0.05) is 41.9 Å². The van der Waals surface area contributed by atoms with Gasteiger partial charge in [0.1, 0.15) is 23.4 Å². The SMILES string of the molecule is CCOc1cc(O[C@H]2CCc3c(-c4cccc(OCCCN5CCC5(C)C)c4C)cccc32)c(Cl)cc1CN1CC[C@@H](C(=O)OC)C1. The van der Waals surface area contributed by atoms with Crippen LogP contribution in [0.2, 0.25) is 5.02 Å². The fraction of sp³-hybridized carbons (Fsp3) is 0.513. The normalized spacial score (nSPS) is 20.5. The first-order valence-electron chi connectivity index (χ1n) is 17.2. The van der Waals surface area contributed by atoms with Gasteiger partial charge in [-0.15, -0.1) is 0 Å². The van der Waals surface area contributed by atoms with E-state index in [1.165, 1.54) is 47.9 Å². The third-order valence-electron chi connectivity index (χ3n) is 10.4. The van der Waals surface area contributed by atoms with Crippen LogP contribution in [-0.2, 0) is 22.5 Å². The Kier molecular flexibility index (Phi) is 10.4. The van der Waals surface area contributed by atoms with E-state index in [9.17, 15) is 4.79 Å². The Morgan fingerprint density at radius 3 is 2.55 bits per heavy atom. The predicted octanol–water partition coefficient (Wildman–Crippen LogP) is 8.03. The zero-order valence-corrected chi connectivity index (χ0v) is 29.3. The summed E-state index contributed by atoms with van der Waals surface area (Å²) >= 11 is 6.86. The van der Waals surface area contributed by atoms with Gasteiger partial charge in [0.05, 0.1) is 31.3 Å². The Bertz CT molecular complexity index is 1590. The van der Waals surface area contributed by atoms with E-state index in [1.54, 1.807) is 0 Å². The predicted molar refractivity (Wildman–Crippen MR) is 187 cm³/mol. The summed E-state index contributed by atoms with van der Waals surface area (Å²) in [6.07, 6.45) is 4.79. The van der Waals surface area contributed by atoms with E-state index < -0.39 is 0 Å². The molecule has 0 bridgehead atoms. The third kappa shape index (κ3) is 7.28. The fourth-order valence-corrected chi connectivity index (χ4v) is 7.66. The number of rotatable bonds is 13. The number of hydrogen-bond acceptors (Lipinski definition) is 7. The first-order valence-corrected chi connectivity index (χ1v) is 17.6. The highest BCUT2D eigenvalue weighted by molar-refractivity contribution is 6.32. The molecule has 0 radical (unpaired) electrons. The molecule has 2 fully saturated rings. The van der Waals surface area contributed by atoms with Crippen LogP contribution in [-0.4, -0.2) is 67.8 Å². The van der Waals surface area contributed by atoms with Crippen molar-refractivity contribution in [2.75, 3.05) is 46.5 Å². The van der Waals surface area contributed by atoms with Crippen LogP contribution in [0, 0.1) is 12.8 Å². The summed E-state index contributed by atoms with van der Waals surface area (Å²) in [5, 5.41) is 0.565. The number of carbonyl (C=O) groups is 1. The highest BCUT2D eigenvalue weighted by atomic mass is 35.5. The van der Waals surface area contributed by atoms with Gasteiger partial charge < -0.3 is 18.9 Å². The van der Waals surface area contributed by atoms with E-state index in [4.69, 9.17) is 30.5 Å². The molecule has 1 aliphatic carbocycles. The number of fused-ring (bicyclic) bond motifs is 1. The molecule has 0 saturated carbocycles. The van der Waals surface area contributed by atoms with Crippen LogP contribution in [0.1, 0.15) is 74.8 Å². The Labute approximate surface area is 285 Å². The number of esters is 1. The standard InChI is InChI=1S/C39H49ClN2O5/c1-6-45-36-23-37(33(40)22-28(36)25-41-19-16-27(24-41)38(43)44-5)47-35-15-14-31-30(11-7-12-32(31)35)29-10-8-13-34(26(29)2)46-21-9-18-42-20-17-39(42,3)4/h7-8,10-13,22-23,27,35H,6,9,14-21,24-25H2,1-5H3/t27-,35+/m1/s1. The largest absolute Gasteiger partial charge is 0.493 e. The maximum absolute atomic E-state index is 12.0. The quantitative estimate of drug-likeness (QED) is 0.136. The van der Waals surface area contributed by atoms with Crippen molar-refractivity contribution in [2.24, 2.45) is 5.92 Å². The zero-order chi connectivity index (χ0) is 33.1. The minimum atomic E-state index is -0.146. The Morgan fingerprint density at radius 1 is 1.00 bits per heavy atom. The van der Waals surface area contributed by atoms with Gasteiger partial charge in [-0.2, -0.15) is 0 Å². The first kappa shape index (κ1) is 33.6. The number of methoxy groups -OCH3 is 1. The van der Waals surface area contributed by atoms with E-state index in [0.717, 1.165) is 62.4 Å². The molecule has 3 aliphatic rings. The molecule has 7 nitrogen and oxygen atoms in total. The molecule has 47 heavy (non-hydrogen) atoms. The van der Waals surface area contributed by atoms with Crippen LogP contribution >= 0.6 is 11.6 Å². The van der Waals surface area contributed by atoms with Gasteiger partial charge in [0.2, 0.25) is 0 Å². The van der Waals surface area contributed by atoms with Crippen LogP contribution in [0.25, 0.3) is 11.1 Å². The molecule has 2 heterocycles. The monoisotopic (exact) mass is 660 g/mol. The molecule has 8 heteroatoms. The molecule has 3 aromatic carbocycles. The summed E-state index contributed by atoms with van der Waals surface area (Å²) in [5.74, 6) is 2.12. The van der Waals surface area contributed by atoms with Crippen molar-refractivity contribution in [3.05, 3.63) is 75.8 Å². The lowest BCUT2D eigenvalue weighted by atomic mass is 9.89. The van der Waals surface area contributed by atoms with E-state index >= 15 is 0 Å². The summed E-state index contributed by atoms with van der Waals surface area (Å²) in [5.41, 5.74) is 7.47. The van der Waals surface area contributed by atoms with Crippen LogP contribution in [0.15, 0.2) is 48.5 Å². The maximum atomic E-state index is 12.0. The molecule has 0 amide bonds. The number of carbonyl (C=O) groups excluding carboxylic acids is 1. The molecular formula is C39H49ClN2O5. The van der Waals surface area contributed by atoms with Crippen molar-refractivity contribution in [3.63, 3.8) is 0 Å². The number of likely N-dealkylation sites (tertiary alicyclic amines) is 2. The van der Waals surface area contributed by atoms with Crippen LogP contribution in [0.3, 0.4) is 0 Å². The molecule has 3 aromatic rings. The summed E-state index contributed by atoms with van der Waals surface area (Å²) < 4.78 is 24.0. The number of halogens is 1. The van der Waals surface area contributed by atoms with Crippen molar-refractivity contribution in [1.82, 2.24) is 9.80 Å². The van der Waals surface area contributed by atoms with Gasteiger partial charge in [-0.3, -0.25) is 14.6 Å². The number of nitrogens with zero attached hydrogens (tertiary/aromatic N) is 2. The summed E-state index contributed by atoms with van der Waals surface area (Å²) in [4.78, 5) is 16.8. The van der Waals surface area contributed by atoms with Crippen LogP contribution in [0.4, 0.5) is 0 Å². The van der Waals surface area contributed by atoms with Gasteiger partial charge >= 0.3 is 5.97 Å². The van der Waals surface area contributed by atoms with Crippen molar-refractivity contribution in [3.8, 4) is 28.4 Å². The molecule has 0 aromatic heterocycles. The number of ether oxygens (including phenoxy) is 4. The van der Waals surface area contributed by atoms with E-state index in [-0.39, 0.29) is 18.0 Å². The first-order chi connectivity index (χ1) is 22.7. The van der Waals surface area contributed by atoms with Gasteiger partial charge in [0, 0.05) is 43.3 Å². The topological polar surface area (TPSA) is 60.5 Å². The highest BCUT2D eigenvalue weighted by Gasteiger charge is 2.35. The molecule has 0 unspecified atom stereocenters.